The maximum atomic E-state index is 12.1. The van der Waals surface area contributed by atoms with Gasteiger partial charge < -0.3 is 15.4 Å². The van der Waals surface area contributed by atoms with Crippen molar-refractivity contribution in [1.29, 1.82) is 0 Å². The fourth-order valence-corrected chi connectivity index (χ4v) is 2.63. The molecule has 0 aliphatic heterocycles. The SMILES string of the molecule is CCOc1ccc(NC(=O)CNc2c(C)cc(C)cc2C)cc1. The van der Waals surface area contributed by atoms with Gasteiger partial charge in [-0.25, -0.2) is 0 Å². The number of hydrogen-bond donors (Lipinski definition) is 2. The Balaban J connectivity index is 1.93. The summed E-state index contributed by atoms with van der Waals surface area (Å²) in [6, 6.07) is 11.6. The number of aryl methyl sites for hydroxylation is 3. The quantitative estimate of drug-likeness (QED) is 0.845. The Kier molecular flexibility index (Phi) is 5.63. The normalized spacial score (nSPS) is 10.3. The summed E-state index contributed by atoms with van der Waals surface area (Å²) in [5.41, 5.74) is 5.31. The van der Waals surface area contributed by atoms with Gasteiger partial charge in [0, 0.05) is 11.4 Å². The zero-order valence-corrected chi connectivity index (χ0v) is 14.2. The second kappa shape index (κ2) is 7.68. The molecule has 122 valence electrons. The van der Waals surface area contributed by atoms with E-state index >= 15 is 0 Å². The lowest BCUT2D eigenvalue weighted by Crippen LogP contribution is -2.22. The van der Waals surface area contributed by atoms with Crippen LogP contribution in [0, 0.1) is 20.8 Å². The van der Waals surface area contributed by atoms with Gasteiger partial charge in [-0.05, 0) is 63.1 Å². The molecule has 4 heteroatoms. The third-order valence-corrected chi connectivity index (χ3v) is 3.55. The van der Waals surface area contributed by atoms with Crippen LogP contribution in [0.5, 0.6) is 5.75 Å². The first kappa shape index (κ1) is 16.9. The standard InChI is InChI=1S/C19H24N2O2/c1-5-23-17-8-6-16(7-9-17)21-18(22)12-20-19-14(3)10-13(2)11-15(19)4/h6-11,20H,5,12H2,1-4H3,(H,21,22). The lowest BCUT2D eigenvalue weighted by atomic mass is 10.1. The van der Waals surface area contributed by atoms with Crippen molar-refractivity contribution < 1.29 is 9.53 Å². The monoisotopic (exact) mass is 312 g/mol. The van der Waals surface area contributed by atoms with Gasteiger partial charge in [0.05, 0.1) is 13.2 Å². The minimum Gasteiger partial charge on any atom is -0.494 e. The molecular formula is C19H24N2O2. The van der Waals surface area contributed by atoms with Gasteiger partial charge in [-0.2, -0.15) is 0 Å². The number of rotatable bonds is 6. The highest BCUT2D eigenvalue weighted by Crippen LogP contribution is 2.21. The van der Waals surface area contributed by atoms with Crippen LogP contribution in [0.25, 0.3) is 0 Å². The van der Waals surface area contributed by atoms with Crippen molar-refractivity contribution in [3.8, 4) is 5.75 Å². The summed E-state index contributed by atoms with van der Waals surface area (Å²) in [6.07, 6.45) is 0. The molecule has 0 aliphatic carbocycles. The van der Waals surface area contributed by atoms with Crippen molar-refractivity contribution >= 4 is 17.3 Å². The van der Waals surface area contributed by atoms with Gasteiger partial charge in [-0.1, -0.05) is 17.7 Å². The first-order valence-electron chi connectivity index (χ1n) is 7.84. The Labute approximate surface area is 137 Å². The number of benzene rings is 2. The lowest BCUT2D eigenvalue weighted by molar-refractivity contribution is -0.114. The molecule has 0 radical (unpaired) electrons. The van der Waals surface area contributed by atoms with Gasteiger partial charge in [-0.3, -0.25) is 4.79 Å². The Morgan fingerprint density at radius 2 is 1.65 bits per heavy atom. The summed E-state index contributed by atoms with van der Waals surface area (Å²) >= 11 is 0. The van der Waals surface area contributed by atoms with E-state index in [4.69, 9.17) is 4.74 Å². The molecule has 2 aromatic carbocycles. The summed E-state index contributed by atoms with van der Waals surface area (Å²) in [5, 5.41) is 6.10. The first-order valence-corrected chi connectivity index (χ1v) is 7.84. The van der Waals surface area contributed by atoms with Crippen LogP contribution in [0.4, 0.5) is 11.4 Å². The third-order valence-electron chi connectivity index (χ3n) is 3.55. The van der Waals surface area contributed by atoms with E-state index in [9.17, 15) is 4.79 Å². The smallest absolute Gasteiger partial charge is 0.243 e. The molecule has 2 aromatic rings. The topological polar surface area (TPSA) is 50.4 Å². The van der Waals surface area contributed by atoms with E-state index in [0.717, 1.165) is 28.3 Å². The van der Waals surface area contributed by atoms with Crippen LogP contribution in [0.15, 0.2) is 36.4 Å². The molecular weight excluding hydrogens is 288 g/mol. The first-order chi connectivity index (χ1) is 11.0. The van der Waals surface area contributed by atoms with Gasteiger partial charge in [0.25, 0.3) is 0 Å². The third kappa shape index (κ3) is 4.74. The molecule has 0 unspecified atom stereocenters. The second-order valence-electron chi connectivity index (χ2n) is 5.63. The number of carbonyl (C=O) groups is 1. The summed E-state index contributed by atoms with van der Waals surface area (Å²) in [5.74, 6) is 0.725. The van der Waals surface area contributed by atoms with Crippen molar-refractivity contribution in [2.75, 3.05) is 23.8 Å². The van der Waals surface area contributed by atoms with E-state index in [-0.39, 0.29) is 12.5 Å². The van der Waals surface area contributed by atoms with Gasteiger partial charge >= 0.3 is 0 Å². The minimum absolute atomic E-state index is 0.0754. The Bertz CT molecular complexity index is 655. The molecule has 0 spiro atoms. The molecule has 1 amide bonds. The van der Waals surface area contributed by atoms with Gasteiger partial charge in [0.15, 0.2) is 0 Å². The number of nitrogens with one attached hydrogen (secondary N) is 2. The average Bonchev–Trinajstić information content (AvgIpc) is 2.48. The zero-order chi connectivity index (χ0) is 16.8. The Morgan fingerprint density at radius 3 is 2.22 bits per heavy atom. The second-order valence-corrected chi connectivity index (χ2v) is 5.63. The van der Waals surface area contributed by atoms with E-state index in [1.54, 1.807) is 0 Å². The summed E-state index contributed by atoms with van der Waals surface area (Å²) in [7, 11) is 0. The van der Waals surface area contributed by atoms with Crippen molar-refractivity contribution in [2.45, 2.75) is 27.7 Å². The average molecular weight is 312 g/mol. The number of anilines is 2. The molecule has 2 rings (SSSR count). The van der Waals surface area contributed by atoms with Crippen molar-refractivity contribution in [2.24, 2.45) is 0 Å². The number of ether oxygens (including phenoxy) is 1. The summed E-state index contributed by atoms with van der Waals surface area (Å²) in [4.78, 5) is 12.1. The molecule has 0 fully saturated rings. The molecule has 0 saturated heterocycles. The molecule has 0 heterocycles. The number of hydrogen-bond acceptors (Lipinski definition) is 3. The highest BCUT2D eigenvalue weighted by atomic mass is 16.5. The lowest BCUT2D eigenvalue weighted by Gasteiger charge is -2.14. The van der Waals surface area contributed by atoms with E-state index in [1.807, 2.05) is 45.0 Å². The Morgan fingerprint density at radius 1 is 1.04 bits per heavy atom. The van der Waals surface area contributed by atoms with Crippen LogP contribution in [-0.2, 0) is 4.79 Å². The molecule has 0 aliphatic rings. The van der Waals surface area contributed by atoms with Crippen LogP contribution >= 0.6 is 0 Å². The maximum absolute atomic E-state index is 12.1. The number of carbonyl (C=O) groups excluding carboxylic acids is 1. The molecule has 0 bridgehead atoms. The summed E-state index contributed by atoms with van der Waals surface area (Å²) in [6.45, 7) is 8.97. The highest BCUT2D eigenvalue weighted by molar-refractivity contribution is 5.94. The molecule has 23 heavy (non-hydrogen) atoms. The van der Waals surface area contributed by atoms with Crippen LogP contribution in [0.1, 0.15) is 23.6 Å². The van der Waals surface area contributed by atoms with Crippen molar-refractivity contribution in [1.82, 2.24) is 0 Å². The van der Waals surface area contributed by atoms with Crippen LogP contribution < -0.4 is 15.4 Å². The van der Waals surface area contributed by atoms with E-state index in [2.05, 4.69) is 29.7 Å². The molecule has 0 saturated carbocycles. The summed E-state index contributed by atoms with van der Waals surface area (Å²) < 4.78 is 5.38. The van der Waals surface area contributed by atoms with E-state index < -0.39 is 0 Å². The Hall–Kier alpha value is -2.49. The molecule has 2 N–H and O–H groups in total. The predicted octanol–water partition coefficient (Wildman–Crippen LogP) is 4.06. The molecule has 0 atom stereocenters. The van der Waals surface area contributed by atoms with Crippen LogP contribution in [-0.4, -0.2) is 19.1 Å². The fourth-order valence-electron chi connectivity index (χ4n) is 2.63. The van der Waals surface area contributed by atoms with Crippen molar-refractivity contribution in [3.63, 3.8) is 0 Å². The number of amides is 1. The molecule has 4 nitrogen and oxygen atoms in total. The van der Waals surface area contributed by atoms with E-state index in [0.29, 0.717) is 6.61 Å². The minimum atomic E-state index is -0.0754. The van der Waals surface area contributed by atoms with Crippen LogP contribution in [0.2, 0.25) is 0 Å². The van der Waals surface area contributed by atoms with E-state index in [1.165, 1.54) is 5.56 Å². The fraction of sp³-hybridized carbons (Fsp3) is 0.316. The maximum Gasteiger partial charge on any atom is 0.243 e. The van der Waals surface area contributed by atoms with Gasteiger partial charge in [-0.15, -0.1) is 0 Å². The molecule has 0 aromatic heterocycles. The van der Waals surface area contributed by atoms with Gasteiger partial charge in [0.1, 0.15) is 5.75 Å². The van der Waals surface area contributed by atoms with Crippen molar-refractivity contribution in [3.05, 3.63) is 53.1 Å². The van der Waals surface area contributed by atoms with Crippen LogP contribution in [0.3, 0.4) is 0 Å². The predicted molar refractivity (Wildman–Crippen MR) is 95.4 cm³/mol. The van der Waals surface area contributed by atoms with Gasteiger partial charge in [0.2, 0.25) is 5.91 Å². The highest BCUT2D eigenvalue weighted by Gasteiger charge is 2.07. The largest absolute Gasteiger partial charge is 0.494 e. The zero-order valence-electron chi connectivity index (χ0n) is 14.2.